The molecule has 1 aromatic heterocycles. The molecule has 0 aliphatic heterocycles. The maximum Gasteiger partial charge on any atom is 0.267 e. The lowest BCUT2D eigenvalue weighted by molar-refractivity contribution is 0.0985. The molecule has 0 atom stereocenters. The number of amides is 1. The van der Waals surface area contributed by atoms with Crippen LogP contribution in [0.4, 0.5) is 8.78 Å². The minimum absolute atomic E-state index is 0.0873. The van der Waals surface area contributed by atoms with Crippen LogP contribution in [0.15, 0.2) is 15.3 Å². The van der Waals surface area contributed by atoms with Crippen molar-refractivity contribution in [2.45, 2.75) is 6.43 Å². The van der Waals surface area contributed by atoms with Crippen LogP contribution in [0.2, 0.25) is 0 Å². The summed E-state index contributed by atoms with van der Waals surface area (Å²) in [5.41, 5.74) is 4.22. The van der Waals surface area contributed by atoms with Gasteiger partial charge in [-0.3, -0.25) is 4.79 Å². The molecule has 0 spiro atoms. The van der Waals surface area contributed by atoms with E-state index in [4.69, 9.17) is 5.73 Å². The monoisotopic (exact) mass is 328 g/mol. The number of primary amides is 1. The molecular weight excluding hydrogens is 326 g/mol. The second kappa shape index (κ2) is 4.31. The summed E-state index contributed by atoms with van der Waals surface area (Å²) in [4.78, 5) is 14.5. The van der Waals surface area contributed by atoms with Gasteiger partial charge in [0, 0.05) is 0 Å². The second-order valence-electron chi connectivity index (χ2n) is 2.36. The van der Waals surface area contributed by atoms with Gasteiger partial charge in [0.05, 0.1) is 11.1 Å². The lowest BCUT2D eigenvalue weighted by atomic mass is 10.1. The van der Waals surface area contributed by atoms with Crippen molar-refractivity contribution in [3.8, 4) is 0 Å². The van der Waals surface area contributed by atoms with Crippen molar-refractivity contribution in [1.29, 1.82) is 0 Å². The summed E-state index contributed by atoms with van der Waals surface area (Å²) < 4.78 is 25.2. The van der Waals surface area contributed by atoms with E-state index in [0.29, 0.717) is 0 Å². The van der Waals surface area contributed by atoms with E-state index in [-0.39, 0.29) is 14.8 Å². The van der Waals surface area contributed by atoms with Crippen molar-refractivity contribution in [2.75, 3.05) is 0 Å². The fourth-order valence-corrected chi connectivity index (χ4v) is 2.13. The van der Waals surface area contributed by atoms with Crippen molar-refractivity contribution in [2.24, 2.45) is 5.73 Å². The quantitative estimate of drug-likeness (QED) is 0.848. The van der Waals surface area contributed by atoms with Crippen molar-refractivity contribution in [1.82, 2.24) is 4.98 Å². The van der Waals surface area contributed by atoms with E-state index >= 15 is 0 Å². The van der Waals surface area contributed by atoms with Crippen molar-refractivity contribution >= 4 is 37.8 Å². The van der Waals surface area contributed by atoms with Crippen LogP contribution in [-0.2, 0) is 0 Å². The molecule has 1 amide bonds. The number of pyridine rings is 1. The lowest BCUT2D eigenvalue weighted by Crippen LogP contribution is -2.15. The third-order valence-electron chi connectivity index (χ3n) is 1.46. The van der Waals surface area contributed by atoms with Gasteiger partial charge >= 0.3 is 0 Å². The van der Waals surface area contributed by atoms with Gasteiger partial charge in [-0.25, -0.2) is 13.8 Å². The molecule has 0 saturated carbocycles. The van der Waals surface area contributed by atoms with E-state index < -0.39 is 17.9 Å². The van der Waals surface area contributed by atoms with Crippen molar-refractivity contribution in [3.05, 3.63) is 26.4 Å². The number of aromatic nitrogens is 1. The first kappa shape index (κ1) is 11.5. The summed E-state index contributed by atoms with van der Waals surface area (Å²) in [6.45, 7) is 0. The fourth-order valence-electron chi connectivity index (χ4n) is 0.906. The maximum atomic E-state index is 12.5. The number of carbonyl (C=O) groups is 1. The van der Waals surface area contributed by atoms with Crippen LogP contribution < -0.4 is 5.73 Å². The zero-order valence-corrected chi connectivity index (χ0v) is 9.77. The van der Waals surface area contributed by atoms with E-state index in [2.05, 4.69) is 36.8 Å². The SMILES string of the molecule is NC(=O)c1cc(Br)nc(Br)c1C(F)F. The predicted octanol–water partition coefficient (Wildman–Crippen LogP) is 2.64. The average molecular weight is 330 g/mol. The fraction of sp³-hybridized carbons (Fsp3) is 0.143. The third kappa shape index (κ3) is 2.27. The molecule has 7 heteroatoms. The van der Waals surface area contributed by atoms with Crippen LogP contribution in [0.3, 0.4) is 0 Å². The summed E-state index contributed by atoms with van der Waals surface area (Å²) >= 11 is 5.81. The van der Waals surface area contributed by atoms with E-state index in [0.717, 1.165) is 6.07 Å². The molecule has 0 radical (unpaired) electrons. The van der Waals surface area contributed by atoms with E-state index in [1.54, 1.807) is 0 Å². The molecule has 0 aliphatic rings. The number of nitrogens with zero attached hydrogens (tertiary/aromatic N) is 1. The van der Waals surface area contributed by atoms with Gasteiger partial charge in [0.25, 0.3) is 6.43 Å². The Bertz CT molecular complexity index is 384. The van der Waals surface area contributed by atoms with Crippen LogP contribution in [-0.4, -0.2) is 10.9 Å². The molecule has 0 aromatic carbocycles. The summed E-state index contributed by atoms with van der Waals surface area (Å²) in [6.07, 6.45) is -2.80. The number of rotatable bonds is 2. The van der Waals surface area contributed by atoms with Crippen LogP contribution in [0.5, 0.6) is 0 Å². The van der Waals surface area contributed by atoms with E-state index in [9.17, 15) is 13.6 Å². The average Bonchev–Trinajstić information content (AvgIpc) is 2.01. The van der Waals surface area contributed by atoms with Crippen molar-refractivity contribution < 1.29 is 13.6 Å². The lowest BCUT2D eigenvalue weighted by Gasteiger charge is -2.07. The molecule has 76 valence electrons. The van der Waals surface area contributed by atoms with Gasteiger partial charge in [-0.05, 0) is 37.9 Å². The number of hydrogen-bond donors (Lipinski definition) is 1. The summed E-state index contributed by atoms with van der Waals surface area (Å²) in [6, 6.07) is 1.16. The van der Waals surface area contributed by atoms with Gasteiger partial charge in [0.1, 0.15) is 9.21 Å². The summed E-state index contributed by atoms with van der Waals surface area (Å²) in [5, 5.41) is 0. The third-order valence-corrected chi connectivity index (χ3v) is 2.48. The van der Waals surface area contributed by atoms with Crippen LogP contribution in [0.25, 0.3) is 0 Å². The predicted molar refractivity (Wildman–Crippen MR) is 53.1 cm³/mol. The molecule has 1 aromatic rings. The number of carbonyl (C=O) groups excluding carboxylic acids is 1. The molecule has 2 N–H and O–H groups in total. The minimum atomic E-state index is -2.80. The van der Waals surface area contributed by atoms with Gasteiger partial charge in [0.2, 0.25) is 5.91 Å². The normalized spacial score (nSPS) is 10.6. The zero-order chi connectivity index (χ0) is 10.9. The highest BCUT2D eigenvalue weighted by atomic mass is 79.9. The molecule has 0 fully saturated rings. The molecule has 3 nitrogen and oxygen atoms in total. The highest BCUT2D eigenvalue weighted by Crippen LogP contribution is 2.30. The van der Waals surface area contributed by atoms with Crippen LogP contribution in [0, 0.1) is 0 Å². The first-order valence-electron chi connectivity index (χ1n) is 3.37. The van der Waals surface area contributed by atoms with Gasteiger partial charge in [-0.2, -0.15) is 0 Å². The highest BCUT2D eigenvalue weighted by molar-refractivity contribution is 9.11. The molecular formula is C7H4Br2F2N2O. The van der Waals surface area contributed by atoms with Crippen LogP contribution in [0.1, 0.15) is 22.3 Å². The van der Waals surface area contributed by atoms with Gasteiger partial charge in [0.15, 0.2) is 0 Å². The largest absolute Gasteiger partial charge is 0.366 e. The molecule has 0 unspecified atom stereocenters. The number of alkyl halides is 2. The van der Waals surface area contributed by atoms with E-state index in [1.165, 1.54) is 0 Å². The van der Waals surface area contributed by atoms with Gasteiger partial charge < -0.3 is 5.73 Å². The molecule has 14 heavy (non-hydrogen) atoms. The number of hydrogen-bond acceptors (Lipinski definition) is 2. The summed E-state index contributed by atoms with van der Waals surface area (Å²) in [5.74, 6) is -0.913. The second-order valence-corrected chi connectivity index (χ2v) is 3.93. The van der Waals surface area contributed by atoms with Crippen LogP contribution >= 0.6 is 31.9 Å². The first-order chi connectivity index (χ1) is 6.43. The van der Waals surface area contributed by atoms with Gasteiger partial charge in [-0.15, -0.1) is 0 Å². The smallest absolute Gasteiger partial charge is 0.267 e. The molecule has 1 heterocycles. The first-order valence-corrected chi connectivity index (χ1v) is 4.96. The Balaban J connectivity index is 3.44. The minimum Gasteiger partial charge on any atom is -0.366 e. The molecule has 1 rings (SSSR count). The topological polar surface area (TPSA) is 56.0 Å². The Morgan fingerprint density at radius 1 is 1.50 bits per heavy atom. The Morgan fingerprint density at radius 2 is 2.07 bits per heavy atom. The van der Waals surface area contributed by atoms with Crippen molar-refractivity contribution in [3.63, 3.8) is 0 Å². The summed E-state index contributed by atoms with van der Waals surface area (Å²) in [7, 11) is 0. The number of nitrogens with two attached hydrogens (primary N) is 1. The number of halogens is 4. The Kier molecular flexibility index (Phi) is 3.54. The van der Waals surface area contributed by atoms with E-state index in [1.807, 2.05) is 0 Å². The molecule has 0 bridgehead atoms. The molecule has 0 saturated heterocycles. The van der Waals surface area contributed by atoms with Gasteiger partial charge in [-0.1, -0.05) is 0 Å². The molecule has 0 aliphatic carbocycles. The zero-order valence-electron chi connectivity index (χ0n) is 6.60. The highest BCUT2D eigenvalue weighted by Gasteiger charge is 2.21. The Hall–Kier alpha value is -0.560. The standard InChI is InChI=1S/C7H4Br2F2N2O/c8-3-1-2(7(12)14)4(6(10)11)5(9)13-3/h1,6H,(H2,12,14). The Labute approximate surface area is 94.9 Å². The maximum absolute atomic E-state index is 12.5. The Morgan fingerprint density at radius 3 is 2.50 bits per heavy atom.